The first-order valence-electron chi connectivity index (χ1n) is 6.01. The lowest BCUT2D eigenvalue weighted by molar-refractivity contribution is -0.384. The van der Waals surface area contributed by atoms with Crippen LogP contribution >= 0.6 is 0 Å². The van der Waals surface area contributed by atoms with Crippen LogP contribution in [0.25, 0.3) is 0 Å². The van der Waals surface area contributed by atoms with E-state index in [4.69, 9.17) is 4.74 Å². The van der Waals surface area contributed by atoms with Gasteiger partial charge in [-0.2, -0.15) is 0 Å². The van der Waals surface area contributed by atoms with Crippen LogP contribution in [0.4, 0.5) is 11.4 Å². The highest BCUT2D eigenvalue weighted by molar-refractivity contribution is 5.63. The highest BCUT2D eigenvalue weighted by Gasteiger charge is 2.17. The van der Waals surface area contributed by atoms with Crippen LogP contribution in [0.2, 0.25) is 0 Å². The number of benzene rings is 1. The second kappa shape index (κ2) is 5.71. The number of nitrogens with zero attached hydrogens (tertiary/aromatic N) is 2. The molecule has 100 valence electrons. The summed E-state index contributed by atoms with van der Waals surface area (Å²) >= 11 is 0. The topological polar surface area (TPSA) is 55.6 Å². The quantitative estimate of drug-likeness (QED) is 0.596. The minimum atomic E-state index is -0.392. The van der Waals surface area contributed by atoms with Crippen molar-refractivity contribution in [3.63, 3.8) is 0 Å². The molecule has 0 atom stereocenters. The maximum Gasteiger partial charge on any atom is 0.271 e. The predicted molar refractivity (Wildman–Crippen MR) is 72.4 cm³/mol. The van der Waals surface area contributed by atoms with Gasteiger partial charge in [0.25, 0.3) is 5.69 Å². The maximum absolute atomic E-state index is 10.8. The molecule has 0 aliphatic rings. The monoisotopic (exact) mass is 252 g/mol. The molecule has 0 saturated carbocycles. The van der Waals surface area contributed by atoms with Gasteiger partial charge in [0.15, 0.2) is 0 Å². The Kier molecular flexibility index (Phi) is 4.53. The van der Waals surface area contributed by atoms with E-state index in [1.165, 1.54) is 6.07 Å². The first-order chi connectivity index (χ1) is 8.32. The van der Waals surface area contributed by atoms with Gasteiger partial charge >= 0.3 is 0 Å². The number of hydrogen-bond donors (Lipinski definition) is 0. The number of ether oxygens (including phenoxy) is 1. The molecule has 1 aromatic carbocycles. The van der Waals surface area contributed by atoms with Crippen molar-refractivity contribution in [2.75, 3.05) is 11.9 Å². The van der Waals surface area contributed by atoms with Gasteiger partial charge in [-0.3, -0.25) is 10.1 Å². The van der Waals surface area contributed by atoms with E-state index in [1.54, 1.807) is 12.1 Å². The Labute approximate surface area is 108 Å². The van der Waals surface area contributed by atoms with Crippen LogP contribution in [0, 0.1) is 10.1 Å². The Morgan fingerprint density at radius 2 is 1.89 bits per heavy atom. The molecular weight excluding hydrogens is 232 g/mol. The molecular formula is C13H20N2O3. The Hall–Kier alpha value is -1.78. The van der Waals surface area contributed by atoms with Gasteiger partial charge in [0.1, 0.15) is 5.75 Å². The van der Waals surface area contributed by atoms with Crippen molar-refractivity contribution < 1.29 is 9.66 Å². The van der Waals surface area contributed by atoms with Gasteiger partial charge in [0.2, 0.25) is 0 Å². The van der Waals surface area contributed by atoms with Gasteiger partial charge < -0.3 is 9.64 Å². The third-order valence-corrected chi connectivity index (χ3v) is 2.67. The fraction of sp³-hybridized carbons (Fsp3) is 0.538. The number of non-ortho nitro benzene ring substituents is 1. The smallest absolute Gasteiger partial charge is 0.271 e. The molecule has 18 heavy (non-hydrogen) atoms. The standard InChI is InChI=1S/C13H20N2O3/c1-9(2)14(5)12-8-11(15(16)17)6-7-13(12)18-10(3)4/h6-10H,1-5H3. The third kappa shape index (κ3) is 3.35. The zero-order valence-electron chi connectivity index (χ0n) is 11.5. The van der Waals surface area contributed by atoms with Crippen molar-refractivity contribution in [1.82, 2.24) is 0 Å². The largest absolute Gasteiger partial charge is 0.489 e. The number of nitro benzene ring substituents is 1. The molecule has 1 rings (SSSR count). The molecule has 0 unspecified atom stereocenters. The summed E-state index contributed by atoms with van der Waals surface area (Å²) < 4.78 is 5.69. The number of anilines is 1. The van der Waals surface area contributed by atoms with Crippen LogP contribution < -0.4 is 9.64 Å². The minimum absolute atomic E-state index is 0.0331. The third-order valence-electron chi connectivity index (χ3n) is 2.67. The Morgan fingerprint density at radius 3 is 2.33 bits per heavy atom. The summed E-state index contributed by atoms with van der Waals surface area (Å²) in [6, 6.07) is 4.92. The molecule has 0 N–H and O–H groups in total. The average Bonchev–Trinajstić information content (AvgIpc) is 2.27. The summed E-state index contributed by atoms with van der Waals surface area (Å²) in [5.74, 6) is 0.673. The van der Waals surface area contributed by atoms with Gasteiger partial charge in [0, 0.05) is 25.2 Å². The fourth-order valence-corrected chi connectivity index (χ4v) is 1.53. The van der Waals surface area contributed by atoms with E-state index in [2.05, 4.69) is 0 Å². The summed E-state index contributed by atoms with van der Waals surface area (Å²) in [6.45, 7) is 7.91. The zero-order valence-corrected chi connectivity index (χ0v) is 11.5. The Bertz CT molecular complexity index is 430. The van der Waals surface area contributed by atoms with E-state index in [0.717, 1.165) is 5.69 Å². The lowest BCUT2D eigenvalue weighted by atomic mass is 10.2. The van der Waals surface area contributed by atoms with Gasteiger partial charge in [-0.25, -0.2) is 0 Å². The first kappa shape index (κ1) is 14.3. The van der Waals surface area contributed by atoms with E-state index < -0.39 is 4.92 Å². The highest BCUT2D eigenvalue weighted by Crippen LogP contribution is 2.33. The molecule has 0 aliphatic heterocycles. The van der Waals surface area contributed by atoms with E-state index in [1.807, 2.05) is 39.6 Å². The molecule has 0 spiro atoms. The summed E-state index contributed by atoms with van der Waals surface area (Å²) in [4.78, 5) is 12.4. The second-order valence-corrected chi connectivity index (χ2v) is 4.78. The van der Waals surface area contributed by atoms with Crippen LogP contribution in [-0.2, 0) is 0 Å². The molecule has 0 heterocycles. The van der Waals surface area contributed by atoms with E-state index >= 15 is 0 Å². The lowest BCUT2D eigenvalue weighted by Crippen LogP contribution is -2.26. The number of nitro groups is 1. The van der Waals surface area contributed by atoms with Gasteiger partial charge in [-0.05, 0) is 33.8 Å². The minimum Gasteiger partial charge on any atom is -0.489 e. The predicted octanol–water partition coefficient (Wildman–Crippen LogP) is 3.23. The molecule has 0 saturated heterocycles. The van der Waals surface area contributed by atoms with Gasteiger partial charge in [-0.1, -0.05) is 0 Å². The van der Waals surface area contributed by atoms with E-state index in [9.17, 15) is 10.1 Å². The average molecular weight is 252 g/mol. The summed E-state index contributed by atoms with van der Waals surface area (Å²) in [6.07, 6.45) is 0.0331. The normalized spacial score (nSPS) is 10.8. The van der Waals surface area contributed by atoms with Crippen LogP contribution in [0.1, 0.15) is 27.7 Å². The van der Waals surface area contributed by atoms with Crippen molar-refractivity contribution >= 4 is 11.4 Å². The molecule has 0 amide bonds. The van der Waals surface area contributed by atoms with Crippen molar-refractivity contribution in [2.45, 2.75) is 39.8 Å². The molecule has 0 fully saturated rings. The van der Waals surface area contributed by atoms with E-state index in [0.29, 0.717) is 5.75 Å². The van der Waals surface area contributed by atoms with Crippen molar-refractivity contribution in [2.24, 2.45) is 0 Å². The van der Waals surface area contributed by atoms with Crippen LogP contribution in [0.5, 0.6) is 5.75 Å². The van der Waals surface area contributed by atoms with Crippen LogP contribution in [0.15, 0.2) is 18.2 Å². The van der Waals surface area contributed by atoms with Crippen molar-refractivity contribution in [3.8, 4) is 5.75 Å². The molecule has 0 aromatic heterocycles. The van der Waals surface area contributed by atoms with Crippen molar-refractivity contribution in [3.05, 3.63) is 28.3 Å². The molecule has 5 nitrogen and oxygen atoms in total. The molecule has 0 bridgehead atoms. The van der Waals surface area contributed by atoms with Crippen LogP contribution in [-0.4, -0.2) is 24.1 Å². The molecule has 0 radical (unpaired) electrons. The summed E-state index contributed by atoms with van der Waals surface area (Å²) in [7, 11) is 1.90. The van der Waals surface area contributed by atoms with E-state index in [-0.39, 0.29) is 17.8 Å². The maximum atomic E-state index is 10.8. The number of hydrogen-bond acceptors (Lipinski definition) is 4. The van der Waals surface area contributed by atoms with Gasteiger partial charge in [-0.15, -0.1) is 0 Å². The van der Waals surface area contributed by atoms with Gasteiger partial charge in [0.05, 0.1) is 16.7 Å². The summed E-state index contributed by atoms with van der Waals surface area (Å²) in [5, 5.41) is 10.8. The summed E-state index contributed by atoms with van der Waals surface area (Å²) in [5.41, 5.74) is 0.821. The lowest BCUT2D eigenvalue weighted by Gasteiger charge is -2.26. The first-order valence-corrected chi connectivity index (χ1v) is 6.01. The highest BCUT2D eigenvalue weighted by atomic mass is 16.6. The Morgan fingerprint density at radius 1 is 1.28 bits per heavy atom. The van der Waals surface area contributed by atoms with Crippen molar-refractivity contribution in [1.29, 1.82) is 0 Å². The second-order valence-electron chi connectivity index (χ2n) is 4.78. The zero-order chi connectivity index (χ0) is 13.9. The van der Waals surface area contributed by atoms with Crippen LogP contribution in [0.3, 0.4) is 0 Å². The molecule has 1 aromatic rings. The molecule has 5 heteroatoms. The SMILES string of the molecule is CC(C)Oc1ccc([N+](=O)[O-])cc1N(C)C(C)C. The molecule has 0 aliphatic carbocycles. The fourth-order valence-electron chi connectivity index (χ4n) is 1.53. The number of rotatable bonds is 5. The Balaban J connectivity index is 3.21.